The number of nitrogens with zero attached hydrogens (tertiary/aromatic N) is 2. The average Bonchev–Trinajstić information content (AvgIpc) is 2.75. The van der Waals surface area contributed by atoms with Gasteiger partial charge in [0.05, 0.1) is 13.1 Å². The minimum Gasteiger partial charge on any atom is -0.481 e. The van der Waals surface area contributed by atoms with Crippen molar-refractivity contribution in [1.29, 1.82) is 0 Å². The van der Waals surface area contributed by atoms with Crippen LogP contribution in [0.4, 0.5) is 23.1 Å². The van der Waals surface area contributed by atoms with Crippen LogP contribution in [0.2, 0.25) is 0 Å². The molecule has 1 aromatic carbocycles. The first-order valence-corrected chi connectivity index (χ1v) is 9.98. The maximum absolute atomic E-state index is 12.3. The molecule has 0 radical (unpaired) electrons. The molecule has 13 heteroatoms. The number of carboxylic acids is 2. The van der Waals surface area contributed by atoms with Crippen LogP contribution in [-0.4, -0.2) is 74.5 Å². The Morgan fingerprint density at radius 3 is 2.61 bits per heavy atom. The molecule has 1 aromatic heterocycles. The number of carbonyl (C=O) groups excluding carboxylic acids is 1. The van der Waals surface area contributed by atoms with E-state index in [-0.39, 0.29) is 36.1 Å². The van der Waals surface area contributed by atoms with E-state index < -0.39 is 29.4 Å². The molecule has 0 saturated carbocycles. The Morgan fingerprint density at radius 2 is 1.97 bits per heavy atom. The van der Waals surface area contributed by atoms with Crippen molar-refractivity contribution in [1.82, 2.24) is 15.3 Å². The number of anilines is 3. The van der Waals surface area contributed by atoms with E-state index in [0.717, 1.165) is 0 Å². The second-order valence-electron chi connectivity index (χ2n) is 7.41. The van der Waals surface area contributed by atoms with Gasteiger partial charge in [-0.05, 0) is 30.7 Å². The number of nitrogens with one attached hydrogen (secondary N) is 4. The lowest BCUT2D eigenvalue weighted by Crippen LogP contribution is -2.42. The highest BCUT2D eigenvalue weighted by Crippen LogP contribution is 2.23. The van der Waals surface area contributed by atoms with Crippen LogP contribution in [-0.2, 0) is 9.59 Å². The summed E-state index contributed by atoms with van der Waals surface area (Å²) in [5.74, 6) is -2.70. The minimum atomic E-state index is -1.31. The molecule has 33 heavy (non-hydrogen) atoms. The fourth-order valence-corrected chi connectivity index (χ4v) is 3.31. The lowest BCUT2D eigenvalue weighted by Gasteiger charge is -2.22. The number of benzene rings is 1. The van der Waals surface area contributed by atoms with Crippen LogP contribution in [0, 0.1) is 0 Å². The van der Waals surface area contributed by atoms with Gasteiger partial charge < -0.3 is 31.9 Å². The third-order valence-corrected chi connectivity index (χ3v) is 5.09. The normalized spacial score (nSPS) is 15.6. The molecule has 0 aliphatic carbocycles. The highest BCUT2D eigenvalue weighted by molar-refractivity contribution is 5.96. The molecular formula is C20H24N7O6+. The zero-order valence-electron chi connectivity index (χ0n) is 17.5. The zero-order chi connectivity index (χ0) is 24.1. The molecule has 0 bridgehead atoms. The maximum Gasteiger partial charge on any atom is 0.326 e. The number of nitrogen functional groups attached to an aromatic ring is 1. The van der Waals surface area contributed by atoms with Crippen molar-refractivity contribution in [3.05, 3.63) is 40.2 Å². The Kier molecular flexibility index (Phi) is 6.91. The summed E-state index contributed by atoms with van der Waals surface area (Å²) in [5.41, 5.74) is 6.36. The highest BCUT2D eigenvalue weighted by atomic mass is 16.4. The monoisotopic (exact) mass is 458 g/mol. The summed E-state index contributed by atoms with van der Waals surface area (Å²) in [6.45, 7) is 4.83. The molecular weight excluding hydrogens is 434 g/mol. The Labute approximate surface area is 187 Å². The van der Waals surface area contributed by atoms with Gasteiger partial charge in [0, 0.05) is 17.7 Å². The average molecular weight is 458 g/mol. The second-order valence-corrected chi connectivity index (χ2v) is 7.41. The van der Waals surface area contributed by atoms with Gasteiger partial charge in [0.2, 0.25) is 11.8 Å². The van der Waals surface area contributed by atoms with Crippen molar-refractivity contribution in [2.75, 3.05) is 29.5 Å². The molecule has 1 amide bonds. The van der Waals surface area contributed by atoms with E-state index in [1.807, 2.05) is 0 Å². The smallest absolute Gasteiger partial charge is 0.326 e. The van der Waals surface area contributed by atoms with Crippen LogP contribution in [0.25, 0.3) is 0 Å². The first-order valence-electron chi connectivity index (χ1n) is 9.98. The number of amides is 1. The number of hydrogen-bond acceptors (Lipinski definition) is 8. The first kappa shape index (κ1) is 23.2. The number of aromatic nitrogens is 2. The van der Waals surface area contributed by atoms with Gasteiger partial charge in [-0.25, -0.2) is 4.79 Å². The van der Waals surface area contributed by atoms with Crippen molar-refractivity contribution in [3.8, 4) is 0 Å². The summed E-state index contributed by atoms with van der Waals surface area (Å²) in [5, 5.41) is 26.5. The molecule has 0 saturated heterocycles. The first-order chi connectivity index (χ1) is 15.7. The van der Waals surface area contributed by atoms with Crippen LogP contribution < -0.4 is 27.2 Å². The summed E-state index contributed by atoms with van der Waals surface area (Å²) >= 11 is 0. The molecule has 3 rings (SSSR count). The fraction of sp³-hybridized carbons (Fsp3) is 0.300. The topological polar surface area (TPSA) is 203 Å². The summed E-state index contributed by atoms with van der Waals surface area (Å²) in [6.07, 6.45) is -0.597. The third-order valence-electron chi connectivity index (χ3n) is 5.09. The molecule has 2 aromatic rings. The number of rotatable bonds is 9. The standard InChI is InChI=1S/C20H23N7O6/c1-27-12(9-23-16-15(27)18(31)26-20(21)25-16)8-22-11-4-2-10(3-5-11)17(30)24-13(19(32)33)6-7-14(28)29/h2-5,12-13H,1,6-9H2,(H7-,21,22,23,24,25,26,28,29,30,31,32,33)/p+1/t12-,13-/m0/s1. The number of nitrogens with two attached hydrogens (primary N) is 1. The molecule has 1 aliphatic heterocycles. The van der Waals surface area contributed by atoms with E-state index in [2.05, 4.69) is 32.6 Å². The third kappa shape index (κ3) is 5.64. The predicted molar refractivity (Wildman–Crippen MR) is 119 cm³/mol. The van der Waals surface area contributed by atoms with Crippen molar-refractivity contribution in [2.24, 2.45) is 0 Å². The van der Waals surface area contributed by atoms with Crippen molar-refractivity contribution in [3.63, 3.8) is 0 Å². The van der Waals surface area contributed by atoms with Crippen molar-refractivity contribution in [2.45, 2.75) is 24.9 Å². The SMILES string of the molecule is C=[N+]1c2c(nc(N)[nH]c2=O)NC[C@@H]1CNc1ccc(C(=O)N[C@@H](CCC(=O)O)C(=O)O)cc1. The van der Waals surface area contributed by atoms with Crippen LogP contribution >= 0.6 is 0 Å². The summed E-state index contributed by atoms with van der Waals surface area (Å²) in [4.78, 5) is 52.9. The molecule has 0 unspecified atom stereocenters. The summed E-state index contributed by atoms with van der Waals surface area (Å²) < 4.78 is 1.56. The van der Waals surface area contributed by atoms with Crippen LogP contribution in [0.3, 0.4) is 0 Å². The van der Waals surface area contributed by atoms with E-state index in [1.54, 1.807) is 16.7 Å². The van der Waals surface area contributed by atoms with Gasteiger partial charge in [-0.15, -0.1) is 0 Å². The number of carboxylic acid groups (broad SMARTS) is 2. The Balaban J connectivity index is 1.59. The molecule has 174 valence electrons. The Bertz CT molecular complexity index is 1140. The summed E-state index contributed by atoms with van der Waals surface area (Å²) in [7, 11) is 0. The van der Waals surface area contributed by atoms with E-state index in [0.29, 0.717) is 24.6 Å². The molecule has 2 atom stereocenters. The number of aliphatic carboxylic acids is 2. The fourth-order valence-electron chi connectivity index (χ4n) is 3.31. The van der Waals surface area contributed by atoms with Crippen molar-refractivity contribution >= 4 is 47.7 Å². The predicted octanol–water partition coefficient (Wildman–Crippen LogP) is -0.349. The molecule has 1 aliphatic rings. The van der Waals surface area contributed by atoms with Gasteiger partial charge in [-0.3, -0.25) is 19.4 Å². The second kappa shape index (κ2) is 9.80. The quantitative estimate of drug-likeness (QED) is 0.243. The number of fused-ring (bicyclic) bond motifs is 1. The molecule has 0 fully saturated rings. The van der Waals surface area contributed by atoms with Crippen LogP contribution in [0.15, 0.2) is 29.1 Å². The van der Waals surface area contributed by atoms with E-state index in [4.69, 9.17) is 15.9 Å². The van der Waals surface area contributed by atoms with Crippen LogP contribution in [0.1, 0.15) is 23.2 Å². The van der Waals surface area contributed by atoms with E-state index in [9.17, 15) is 19.2 Å². The van der Waals surface area contributed by atoms with Gasteiger partial charge in [-0.2, -0.15) is 9.56 Å². The van der Waals surface area contributed by atoms with Gasteiger partial charge >= 0.3 is 23.2 Å². The van der Waals surface area contributed by atoms with E-state index >= 15 is 0 Å². The molecule has 2 heterocycles. The largest absolute Gasteiger partial charge is 0.481 e. The number of H-pyrrole nitrogens is 1. The maximum atomic E-state index is 12.3. The van der Waals surface area contributed by atoms with Crippen LogP contribution in [0.5, 0.6) is 0 Å². The molecule has 0 spiro atoms. The Hall–Kier alpha value is -4.42. The Morgan fingerprint density at radius 1 is 1.27 bits per heavy atom. The van der Waals surface area contributed by atoms with Gasteiger partial charge in [0.25, 0.3) is 5.91 Å². The number of carbonyl (C=O) groups is 3. The lowest BCUT2D eigenvalue weighted by atomic mass is 10.1. The van der Waals surface area contributed by atoms with Crippen molar-refractivity contribution < 1.29 is 29.2 Å². The van der Waals surface area contributed by atoms with Gasteiger partial charge in [-0.1, -0.05) is 0 Å². The zero-order valence-corrected chi connectivity index (χ0v) is 17.5. The summed E-state index contributed by atoms with van der Waals surface area (Å²) in [6, 6.07) is 4.84. The van der Waals surface area contributed by atoms with E-state index in [1.165, 1.54) is 12.1 Å². The molecule has 8 N–H and O–H groups in total. The molecule has 13 nitrogen and oxygen atoms in total. The van der Waals surface area contributed by atoms with Gasteiger partial charge in [0.15, 0.2) is 6.04 Å². The lowest BCUT2D eigenvalue weighted by molar-refractivity contribution is -0.472. The minimum absolute atomic E-state index is 0.0110. The number of hydrogen-bond donors (Lipinski definition) is 7. The highest BCUT2D eigenvalue weighted by Gasteiger charge is 2.33. The van der Waals surface area contributed by atoms with Gasteiger partial charge in [0.1, 0.15) is 12.8 Å². The number of aromatic amines is 1.